The van der Waals surface area contributed by atoms with Gasteiger partial charge in [0.05, 0.1) is 31.5 Å². The molecule has 0 fully saturated rings. The fourth-order valence-electron chi connectivity index (χ4n) is 2.47. The van der Waals surface area contributed by atoms with Crippen LogP contribution in [0.4, 0.5) is 0 Å². The Kier molecular flexibility index (Phi) is 13.3. The lowest BCUT2D eigenvalue weighted by Crippen LogP contribution is -2.54. The van der Waals surface area contributed by atoms with Gasteiger partial charge in [0.15, 0.2) is 0 Å². The Labute approximate surface area is 139 Å². The highest BCUT2D eigenvalue weighted by molar-refractivity contribution is 5.73. The van der Waals surface area contributed by atoms with Crippen molar-refractivity contribution in [3.8, 4) is 0 Å². The molecule has 7 heteroatoms. The lowest BCUT2D eigenvalue weighted by molar-refractivity contribution is -0.122. The second-order valence-electron chi connectivity index (χ2n) is 5.72. The highest BCUT2D eigenvalue weighted by Gasteiger charge is 2.31. The zero-order valence-corrected chi connectivity index (χ0v) is 14.5. The lowest BCUT2D eigenvalue weighted by Gasteiger charge is -2.34. The fourth-order valence-corrected chi connectivity index (χ4v) is 2.47. The molecule has 0 aliphatic carbocycles. The van der Waals surface area contributed by atoms with E-state index >= 15 is 0 Å². The molecule has 0 saturated heterocycles. The van der Waals surface area contributed by atoms with Gasteiger partial charge in [0.25, 0.3) is 0 Å². The molecule has 0 aliphatic heterocycles. The summed E-state index contributed by atoms with van der Waals surface area (Å²) in [5.74, 6) is -0.482. The standard InChI is InChI=1S/C16H33N2O5/c1-4-23-16(12(2)15(22)11-20)14(18-13(3)21)10-17-8-6-5-7-9-19/h9,12,14-17,19-20,22H,4-8,10-11H2,1-3H3,(H,18,21)/t12-,14?,15?,16-/m0/s1. The summed E-state index contributed by atoms with van der Waals surface area (Å²) in [5.41, 5.74) is 0. The summed E-state index contributed by atoms with van der Waals surface area (Å²) in [7, 11) is 0. The average Bonchev–Trinajstić information content (AvgIpc) is 2.53. The molecular weight excluding hydrogens is 300 g/mol. The van der Waals surface area contributed by atoms with Crippen molar-refractivity contribution in [2.45, 2.75) is 58.3 Å². The summed E-state index contributed by atoms with van der Waals surface area (Å²) in [5, 5.41) is 33.8. The van der Waals surface area contributed by atoms with Crippen molar-refractivity contribution < 1.29 is 24.9 Å². The number of unbranched alkanes of at least 4 members (excludes halogenated alkanes) is 2. The van der Waals surface area contributed by atoms with E-state index in [0.29, 0.717) is 19.6 Å². The summed E-state index contributed by atoms with van der Waals surface area (Å²) >= 11 is 0. The van der Waals surface area contributed by atoms with Crippen LogP contribution in [0.25, 0.3) is 0 Å². The molecule has 1 amide bonds. The topological polar surface area (TPSA) is 111 Å². The number of hydrogen-bond acceptors (Lipinski definition) is 6. The van der Waals surface area contributed by atoms with Gasteiger partial charge >= 0.3 is 0 Å². The van der Waals surface area contributed by atoms with Crippen molar-refractivity contribution in [1.82, 2.24) is 10.6 Å². The third-order valence-electron chi connectivity index (χ3n) is 3.76. The van der Waals surface area contributed by atoms with Crippen LogP contribution in [0.2, 0.25) is 0 Å². The molecule has 0 saturated carbocycles. The molecule has 2 unspecified atom stereocenters. The molecule has 5 N–H and O–H groups in total. The molecule has 0 aromatic heterocycles. The molecule has 1 radical (unpaired) electrons. The molecule has 0 aromatic carbocycles. The van der Waals surface area contributed by atoms with E-state index in [4.69, 9.17) is 14.9 Å². The maximum Gasteiger partial charge on any atom is 0.217 e. The summed E-state index contributed by atoms with van der Waals surface area (Å²) in [6, 6.07) is -0.298. The number of carbonyl (C=O) groups is 1. The highest BCUT2D eigenvalue weighted by atomic mass is 16.5. The Morgan fingerprint density at radius 3 is 2.57 bits per heavy atom. The third-order valence-corrected chi connectivity index (χ3v) is 3.76. The van der Waals surface area contributed by atoms with Crippen LogP contribution in [-0.4, -0.2) is 65.8 Å². The van der Waals surface area contributed by atoms with E-state index in [1.807, 2.05) is 6.92 Å². The van der Waals surface area contributed by atoms with E-state index in [-0.39, 0.29) is 24.5 Å². The van der Waals surface area contributed by atoms with E-state index in [1.54, 1.807) is 6.92 Å². The molecule has 7 nitrogen and oxygen atoms in total. The summed E-state index contributed by atoms with van der Waals surface area (Å²) in [6.45, 7) is 7.64. The largest absolute Gasteiger partial charge is 0.394 e. The first-order chi connectivity index (χ1) is 11.0. The van der Waals surface area contributed by atoms with Crippen LogP contribution in [0, 0.1) is 12.5 Å². The number of rotatable bonds is 14. The first-order valence-corrected chi connectivity index (χ1v) is 8.32. The predicted molar refractivity (Wildman–Crippen MR) is 88.2 cm³/mol. The number of nitrogens with one attached hydrogen (secondary N) is 2. The molecule has 0 aliphatic rings. The van der Waals surface area contributed by atoms with E-state index in [0.717, 1.165) is 26.0 Å². The number of aliphatic hydroxyl groups excluding tert-OH is 3. The van der Waals surface area contributed by atoms with Crippen LogP contribution in [0.3, 0.4) is 0 Å². The van der Waals surface area contributed by atoms with Crippen molar-refractivity contribution >= 4 is 5.91 Å². The normalized spacial score (nSPS) is 16.6. The number of amides is 1. The van der Waals surface area contributed by atoms with Crippen LogP contribution < -0.4 is 10.6 Å². The van der Waals surface area contributed by atoms with E-state index in [1.165, 1.54) is 6.92 Å². The molecule has 0 spiro atoms. The van der Waals surface area contributed by atoms with Crippen molar-refractivity contribution in [2.24, 2.45) is 5.92 Å². The summed E-state index contributed by atoms with van der Waals surface area (Å²) in [4.78, 5) is 11.5. The molecule has 4 atom stereocenters. The predicted octanol–water partition coefficient (Wildman–Crippen LogP) is 0.180. The molecule has 137 valence electrons. The molecular formula is C16H33N2O5. The van der Waals surface area contributed by atoms with Crippen LogP contribution >= 0.6 is 0 Å². The van der Waals surface area contributed by atoms with Gasteiger partial charge in [-0.3, -0.25) is 4.79 Å². The van der Waals surface area contributed by atoms with Crippen LogP contribution in [-0.2, 0) is 9.53 Å². The Balaban J connectivity index is 4.62. The number of hydrogen-bond donors (Lipinski definition) is 5. The van der Waals surface area contributed by atoms with Crippen LogP contribution in [0.1, 0.15) is 40.0 Å². The first kappa shape index (κ1) is 22.3. The molecule has 23 heavy (non-hydrogen) atoms. The quantitative estimate of drug-likeness (QED) is 0.290. The van der Waals surface area contributed by atoms with Gasteiger partial charge in [-0.15, -0.1) is 0 Å². The van der Waals surface area contributed by atoms with Gasteiger partial charge in [0, 0.05) is 26.0 Å². The Morgan fingerprint density at radius 2 is 2.04 bits per heavy atom. The second-order valence-corrected chi connectivity index (χ2v) is 5.72. The van der Waals surface area contributed by atoms with Crippen LogP contribution in [0.15, 0.2) is 0 Å². The minimum atomic E-state index is -0.900. The average molecular weight is 333 g/mol. The fraction of sp³-hybridized carbons (Fsp3) is 0.875. The minimum Gasteiger partial charge on any atom is -0.394 e. The zero-order valence-electron chi connectivity index (χ0n) is 14.5. The third kappa shape index (κ3) is 9.88. The lowest BCUT2D eigenvalue weighted by atomic mass is 9.92. The number of ether oxygens (including phenoxy) is 1. The van der Waals surface area contributed by atoms with Gasteiger partial charge in [-0.2, -0.15) is 0 Å². The van der Waals surface area contributed by atoms with Crippen molar-refractivity contribution in [3.05, 3.63) is 6.61 Å². The summed E-state index contributed by atoms with van der Waals surface area (Å²) < 4.78 is 5.72. The number of carbonyl (C=O) groups excluding carboxylic acids is 1. The van der Waals surface area contributed by atoms with Gasteiger partial charge in [-0.05, 0) is 32.7 Å². The molecule has 0 heterocycles. The molecule has 0 bridgehead atoms. The Morgan fingerprint density at radius 1 is 1.35 bits per heavy atom. The smallest absolute Gasteiger partial charge is 0.217 e. The van der Waals surface area contributed by atoms with Crippen LogP contribution in [0.5, 0.6) is 0 Å². The maximum absolute atomic E-state index is 11.5. The first-order valence-electron chi connectivity index (χ1n) is 8.32. The van der Waals surface area contributed by atoms with E-state index in [9.17, 15) is 9.90 Å². The van der Waals surface area contributed by atoms with Gasteiger partial charge in [-0.1, -0.05) is 6.92 Å². The monoisotopic (exact) mass is 333 g/mol. The second kappa shape index (κ2) is 13.7. The van der Waals surface area contributed by atoms with E-state index < -0.39 is 12.2 Å². The SMILES string of the molecule is CCO[C@H](C(CNCCCC[CH]O)NC(C)=O)[C@@H](C)C(O)CO. The molecule has 0 aromatic rings. The van der Waals surface area contributed by atoms with Crippen molar-refractivity contribution in [3.63, 3.8) is 0 Å². The molecule has 0 rings (SSSR count). The Bertz CT molecular complexity index is 304. The van der Waals surface area contributed by atoms with Crippen molar-refractivity contribution in [2.75, 3.05) is 26.3 Å². The van der Waals surface area contributed by atoms with Gasteiger partial charge < -0.3 is 30.7 Å². The zero-order chi connectivity index (χ0) is 17.7. The maximum atomic E-state index is 11.5. The van der Waals surface area contributed by atoms with E-state index in [2.05, 4.69) is 10.6 Å². The van der Waals surface area contributed by atoms with Gasteiger partial charge in [0.1, 0.15) is 0 Å². The van der Waals surface area contributed by atoms with Crippen molar-refractivity contribution in [1.29, 1.82) is 0 Å². The van der Waals surface area contributed by atoms with Gasteiger partial charge in [0.2, 0.25) is 5.91 Å². The minimum absolute atomic E-state index is 0.165. The van der Waals surface area contributed by atoms with Gasteiger partial charge in [-0.25, -0.2) is 0 Å². The highest BCUT2D eigenvalue weighted by Crippen LogP contribution is 2.16. The Hall–Kier alpha value is -0.730. The number of aliphatic hydroxyl groups is 3. The summed E-state index contributed by atoms with van der Waals surface area (Å²) in [6.07, 6.45) is 1.17.